The predicted molar refractivity (Wildman–Crippen MR) is 124 cm³/mol. The summed E-state index contributed by atoms with van der Waals surface area (Å²) >= 11 is 0. The van der Waals surface area contributed by atoms with Crippen molar-refractivity contribution in [2.75, 3.05) is 13.2 Å². The highest BCUT2D eigenvalue weighted by Gasteiger charge is 2.36. The molecule has 178 valence electrons. The van der Waals surface area contributed by atoms with Gasteiger partial charge < -0.3 is 25.4 Å². The number of aryl methyl sites for hydroxylation is 2. The van der Waals surface area contributed by atoms with Gasteiger partial charge in [0.05, 0.1) is 6.61 Å². The summed E-state index contributed by atoms with van der Waals surface area (Å²) in [4.78, 5) is 40.2. The first kappa shape index (κ1) is 27.2. The molecule has 3 amide bonds. The number of nitrogens with zero attached hydrogens (tertiary/aromatic N) is 1. The highest BCUT2D eigenvalue weighted by Crippen LogP contribution is 2.27. The maximum absolute atomic E-state index is 13.4. The molecule has 0 bridgehead atoms. The van der Waals surface area contributed by atoms with Crippen molar-refractivity contribution in [3.63, 3.8) is 0 Å². The summed E-state index contributed by atoms with van der Waals surface area (Å²) in [6, 6.07) is 3.26. The number of hydrogen-bond acceptors (Lipinski definition) is 5. The van der Waals surface area contributed by atoms with E-state index >= 15 is 0 Å². The Morgan fingerprint density at radius 3 is 2.31 bits per heavy atom. The van der Waals surface area contributed by atoms with Crippen LogP contribution in [0.5, 0.6) is 0 Å². The second-order valence-corrected chi connectivity index (χ2v) is 9.09. The lowest BCUT2D eigenvalue weighted by Crippen LogP contribution is -2.54. The number of aliphatic hydroxyl groups excluding tert-OH is 1. The van der Waals surface area contributed by atoms with E-state index in [2.05, 4.69) is 17.2 Å². The molecule has 0 spiro atoms. The van der Waals surface area contributed by atoms with Gasteiger partial charge in [-0.05, 0) is 59.6 Å². The normalized spacial score (nSPS) is 13.2. The van der Waals surface area contributed by atoms with Gasteiger partial charge in [0.25, 0.3) is 0 Å². The second-order valence-electron chi connectivity index (χ2n) is 9.09. The minimum absolute atomic E-state index is 0.0366. The Morgan fingerprint density at radius 2 is 1.81 bits per heavy atom. The van der Waals surface area contributed by atoms with Gasteiger partial charge in [0, 0.05) is 12.6 Å². The largest absolute Gasteiger partial charge is 0.444 e. The lowest BCUT2D eigenvalue weighted by Gasteiger charge is -2.34. The summed E-state index contributed by atoms with van der Waals surface area (Å²) in [6.45, 7) is 15.6. The Hall–Kier alpha value is -2.87. The minimum Gasteiger partial charge on any atom is -0.444 e. The summed E-state index contributed by atoms with van der Waals surface area (Å²) < 4.78 is 5.21. The first-order valence-corrected chi connectivity index (χ1v) is 10.7. The molecule has 8 nitrogen and oxygen atoms in total. The summed E-state index contributed by atoms with van der Waals surface area (Å²) in [5.41, 5.74) is 1.66. The standard InChI is InChI=1S/C24H37N3O5/c1-9-12-27(22(30)19(14-28)26-23(31)32-24(6,7)8)20(21(29)25-15(2)3)18-13-16(4)10-11-17(18)5/h9-11,13,15,19-20,28H,1,12,14H2,2-8H3,(H,25,29)(H,26,31). The molecule has 0 saturated heterocycles. The third kappa shape index (κ3) is 8.00. The summed E-state index contributed by atoms with van der Waals surface area (Å²) in [5, 5.41) is 15.1. The predicted octanol–water partition coefficient (Wildman–Crippen LogP) is 2.77. The molecule has 2 unspecified atom stereocenters. The number of carbonyl (C=O) groups is 3. The van der Waals surface area contributed by atoms with Crippen molar-refractivity contribution in [2.24, 2.45) is 0 Å². The quantitative estimate of drug-likeness (QED) is 0.505. The van der Waals surface area contributed by atoms with Crippen LogP contribution in [-0.4, -0.2) is 58.8 Å². The van der Waals surface area contributed by atoms with Crippen molar-refractivity contribution in [2.45, 2.75) is 72.2 Å². The van der Waals surface area contributed by atoms with Crippen LogP contribution in [0.2, 0.25) is 0 Å². The fraction of sp³-hybridized carbons (Fsp3) is 0.542. The number of carbonyl (C=O) groups excluding carboxylic acids is 3. The van der Waals surface area contributed by atoms with E-state index in [1.54, 1.807) is 20.8 Å². The van der Waals surface area contributed by atoms with Gasteiger partial charge in [-0.25, -0.2) is 4.79 Å². The van der Waals surface area contributed by atoms with E-state index in [0.717, 1.165) is 11.1 Å². The van der Waals surface area contributed by atoms with Gasteiger partial charge >= 0.3 is 6.09 Å². The lowest BCUT2D eigenvalue weighted by molar-refractivity contribution is -0.142. The molecular formula is C24H37N3O5. The third-order valence-electron chi connectivity index (χ3n) is 4.50. The molecule has 32 heavy (non-hydrogen) atoms. The number of benzene rings is 1. The van der Waals surface area contributed by atoms with E-state index < -0.39 is 36.3 Å². The summed E-state index contributed by atoms with van der Waals surface area (Å²) in [7, 11) is 0. The molecule has 2 atom stereocenters. The van der Waals surface area contributed by atoms with E-state index in [9.17, 15) is 19.5 Å². The Labute approximate surface area is 191 Å². The number of ether oxygens (including phenoxy) is 1. The molecule has 0 aliphatic heterocycles. The van der Waals surface area contributed by atoms with E-state index in [4.69, 9.17) is 4.74 Å². The van der Waals surface area contributed by atoms with Crippen LogP contribution in [0.25, 0.3) is 0 Å². The van der Waals surface area contributed by atoms with Crippen LogP contribution in [0.3, 0.4) is 0 Å². The average Bonchev–Trinajstić information content (AvgIpc) is 2.65. The number of hydrogen-bond donors (Lipinski definition) is 3. The van der Waals surface area contributed by atoms with E-state index in [-0.39, 0.29) is 18.5 Å². The average molecular weight is 448 g/mol. The first-order chi connectivity index (χ1) is 14.8. The molecule has 1 rings (SSSR count). The molecule has 3 N–H and O–H groups in total. The van der Waals surface area contributed by atoms with Crippen molar-refractivity contribution < 1.29 is 24.2 Å². The van der Waals surface area contributed by atoms with Crippen LogP contribution in [0, 0.1) is 13.8 Å². The van der Waals surface area contributed by atoms with Crippen molar-refractivity contribution >= 4 is 17.9 Å². The molecule has 1 aromatic rings. The molecule has 0 aliphatic carbocycles. The molecule has 0 aromatic heterocycles. The Morgan fingerprint density at radius 1 is 1.19 bits per heavy atom. The van der Waals surface area contributed by atoms with Gasteiger partial charge in [-0.1, -0.05) is 29.8 Å². The van der Waals surface area contributed by atoms with Crippen LogP contribution in [0.4, 0.5) is 4.79 Å². The smallest absolute Gasteiger partial charge is 0.408 e. The first-order valence-electron chi connectivity index (χ1n) is 10.7. The molecule has 0 heterocycles. The maximum atomic E-state index is 13.4. The van der Waals surface area contributed by atoms with E-state index in [0.29, 0.717) is 5.56 Å². The van der Waals surface area contributed by atoms with Crippen molar-refractivity contribution in [3.8, 4) is 0 Å². The number of amides is 3. The van der Waals surface area contributed by atoms with Gasteiger partial charge in [-0.15, -0.1) is 6.58 Å². The van der Waals surface area contributed by atoms with Gasteiger partial charge in [-0.3, -0.25) is 9.59 Å². The number of nitrogens with one attached hydrogen (secondary N) is 2. The lowest BCUT2D eigenvalue weighted by atomic mass is 9.96. The topological polar surface area (TPSA) is 108 Å². The van der Waals surface area contributed by atoms with E-state index in [1.807, 2.05) is 45.9 Å². The molecular weight excluding hydrogens is 410 g/mol. The molecule has 0 radical (unpaired) electrons. The van der Waals surface area contributed by atoms with Gasteiger partial charge in [0.2, 0.25) is 11.8 Å². The Balaban J connectivity index is 3.41. The van der Waals surface area contributed by atoms with Crippen molar-refractivity contribution in [3.05, 3.63) is 47.5 Å². The van der Waals surface area contributed by atoms with Gasteiger partial charge in [0.1, 0.15) is 17.7 Å². The molecule has 0 saturated carbocycles. The van der Waals surface area contributed by atoms with Crippen LogP contribution >= 0.6 is 0 Å². The highest BCUT2D eigenvalue weighted by atomic mass is 16.6. The fourth-order valence-electron chi connectivity index (χ4n) is 3.17. The Bertz CT molecular complexity index is 829. The van der Waals surface area contributed by atoms with Crippen LogP contribution in [0.15, 0.2) is 30.9 Å². The van der Waals surface area contributed by atoms with Gasteiger partial charge in [0.15, 0.2) is 0 Å². The summed E-state index contributed by atoms with van der Waals surface area (Å²) in [5.74, 6) is -0.985. The zero-order valence-electron chi connectivity index (χ0n) is 20.2. The maximum Gasteiger partial charge on any atom is 0.408 e. The minimum atomic E-state index is -1.29. The van der Waals surface area contributed by atoms with Crippen LogP contribution in [-0.2, 0) is 14.3 Å². The number of alkyl carbamates (subject to hydrolysis) is 1. The van der Waals surface area contributed by atoms with Crippen molar-refractivity contribution in [1.29, 1.82) is 0 Å². The third-order valence-corrected chi connectivity index (χ3v) is 4.50. The molecule has 8 heteroatoms. The molecule has 1 aromatic carbocycles. The SMILES string of the molecule is C=CCN(C(=O)C(CO)NC(=O)OC(C)(C)C)C(C(=O)NC(C)C)c1cc(C)ccc1C. The zero-order valence-corrected chi connectivity index (χ0v) is 20.2. The number of aliphatic hydroxyl groups is 1. The second kappa shape index (κ2) is 11.7. The molecule has 0 aliphatic rings. The fourth-order valence-corrected chi connectivity index (χ4v) is 3.17. The zero-order chi connectivity index (χ0) is 24.6. The van der Waals surface area contributed by atoms with Crippen LogP contribution in [0.1, 0.15) is 57.4 Å². The van der Waals surface area contributed by atoms with Gasteiger partial charge in [-0.2, -0.15) is 0 Å². The molecule has 0 fully saturated rings. The van der Waals surface area contributed by atoms with E-state index in [1.165, 1.54) is 11.0 Å². The highest BCUT2D eigenvalue weighted by molar-refractivity contribution is 5.92. The number of rotatable bonds is 9. The summed E-state index contributed by atoms with van der Waals surface area (Å²) in [6.07, 6.45) is 0.666. The van der Waals surface area contributed by atoms with Crippen LogP contribution < -0.4 is 10.6 Å². The van der Waals surface area contributed by atoms with Crippen molar-refractivity contribution in [1.82, 2.24) is 15.5 Å². The Kier molecular flexibility index (Phi) is 9.90. The monoisotopic (exact) mass is 447 g/mol.